The molecule has 3 heteroatoms. The van der Waals surface area contributed by atoms with Crippen molar-refractivity contribution in [2.75, 3.05) is 7.05 Å². The summed E-state index contributed by atoms with van der Waals surface area (Å²) in [4.78, 5) is 0. The molecule has 0 spiro atoms. The lowest BCUT2D eigenvalue weighted by Gasteiger charge is -2.21. The van der Waals surface area contributed by atoms with Crippen LogP contribution in [0, 0.1) is 0 Å². The van der Waals surface area contributed by atoms with E-state index in [9.17, 15) is 0 Å². The van der Waals surface area contributed by atoms with Gasteiger partial charge in [-0.3, -0.25) is 0 Å². The monoisotopic (exact) mass is 111 g/mol. The summed E-state index contributed by atoms with van der Waals surface area (Å²) in [6, 6.07) is 0. The molecule has 0 saturated carbocycles. The Morgan fingerprint density at radius 1 is 1.75 bits per heavy atom. The quantitative estimate of drug-likeness (QED) is 0.478. The SMILES string of the molecule is BC(C)(BCC)NC. The molecule has 0 aromatic rings. The van der Waals surface area contributed by atoms with Crippen LogP contribution in [0.2, 0.25) is 6.32 Å². The van der Waals surface area contributed by atoms with E-state index in [1.165, 1.54) is 13.6 Å². The van der Waals surface area contributed by atoms with Crippen molar-refractivity contribution in [1.29, 1.82) is 0 Å². The van der Waals surface area contributed by atoms with Crippen molar-refractivity contribution >= 4 is 15.1 Å². The topological polar surface area (TPSA) is 12.0 Å². The number of hydrogen-bond donors (Lipinski definition) is 1. The molecule has 0 heterocycles. The Bertz CT molecular complexity index is 63.4. The van der Waals surface area contributed by atoms with Crippen LogP contribution in [0.1, 0.15) is 13.8 Å². The van der Waals surface area contributed by atoms with Crippen molar-refractivity contribution in [3.63, 3.8) is 0 Å². The molecule has 0 saturated heterocycles. The number of nitrogens with one attached hydrogen (secondary N) is 1. The van der Waals surface area contributed by atoms with Gasteiger partial charge in [0.15, 0.2) is 0 Å². The summed E-state index contributed by atoms with van der Waals surface area (Å²) in [5.41, 5.74) is 0. The van der Waals surface area contributed by atoms with Crippen LogP contribution in [0.4, 0.5) is 0 Å². The predicted molar refractivity (Wildman–Crippen MR) is 43.6 cm³/mol. The van der Waals surface area contributed by atoms with Gasteiger partial charge >= 0.3 is 0 Å². The van der Waals surface area contributed by atoms with Crippen molar-refractivity contribution in [1.82, 2.24) is 5.32 Å². The first-order valence-electron chi connectivity index (χ1n) is 3.31. The molecular weight excluding hydrogens is 95.7 g/mol. The third-order valence-electron chi connectivity index (χ3n) is 1.55. The lowest BCUT2D eigenvalue weighted by atomic mass is 9.48. The van der Waals surface area contributed by atoms with E-state index >= 15 is 0 Å². The minimum Gasteiger partial charge on any atom is -0.329 e. The van der Waals surface area contributed by atoms with E-state index in [4.69, 9.17) is 0 Å². The predicted octanol–water partition coefficient (Wildman–Crippen LogP) is -0.613. The zero-order valence-electron chi connectivity index (χ0n) is 6.41. The maximum absolute atomic E-state index is 3.24. The fourth-order valence-corrected chi connectivity index (χ4v) is 0.750. The molecule has 0 aromatic carbocycles. The second-order valence-corrected chi connectivity index (χ2v) is 2.88. The van der Waals surface area contributed by atoms with Crippen molar-refractivity contribution in [3.05, 3.63) is 0 Å². The number of hydrogen-bond acceptors (Lipinski definition) is 1. The molecule has 0 amide bonds. The Morgan fingerprint density at radius 3 is 2.38 bits per heavy atom. The standard InChI is InChI=1S/C5H15B2N/c1-4-7-5(2,6)8-3/h7-8H,4,6H2,1-3H3. The molecular formula is C5H15B2N. The molecule has 0 aromatic heterocycles. The average molecular weight is 111 g/mol. The van der Waals surface area contributed by atoms with Gasteiger partial charge in [-0.15, -0.1) is 0 Å². The molecule has 0 rings (SSSR count). The Balaban J connectivity index is 3.37. The maximum atomic E-state index is 3.24. The lowest BCUT2D eigenvalue weighted by Crippen LogP contribution is -2.45. The van der Waals surface area contributed by atoms with Gasteiger partial charge in [0.05, 0.1) is 0 Å². The second-order valence-electron chi connectivity index (χ2n) is 2.88. The van der Waals surface area contributed by atoms with Gasteiger partial charge in [-0.25, -0.2) is 0 Å². The van der Waals surface area contributed by atoms with Crippen LogP contribution < -0.4 is 5.32 Å². The first-order valence-corrected chi connectivity index (χ1v) is 3.31. The Labute approximate surface area is 53.9 Å². The third kappa shape index (κ3) is 3.14. The van der Waals surface area contributed by atoms with Gasteiger partial charge in [-0.05, 0) is 12.4 Å². The Hall–Kier alpha value is 0.0899. The van der Waals surface area contributed by atoms with Crippen molar-refractivity contribution < 1.29 is 0 Å². The van der Waals surface area contributed by atoms with Crippen LogP contribution in [0.15, 0.2) is 0 Å². The molecule has 1 nitrogen and oxygen atoms in total. The van der Waals surface area contributed by atoms with Crippen LogP contribution in [-0.4, -0.2) is 27.5 Å². The lowest BCUT2D eigenvalue weighted by molar-refractivity contribution is 0.714. The molecule has 0 aliphatic carbocycles. The zero-order chi connectivity index (χ0) is 6.62. The summed E-state index contributed by atoms with van der Waals surface area (Å²) in [6.07, 6.45) is 1.26. The molecule has 8 heavy (non-hydrogen) atoms. The minimum atomic E-state index is 0.342. The van der Waals surface area contributed by atoms with Gasteiger partial charge in [-0.1, -0.05) is 20.2 Å². The van der Waals surface area contributed by atoms with E-state index in [1.54, 1.807) is 0 Å². The number of rotatable bonds is 3. The van der Waals surface area contributed by atoms with E-state index in [0.29, 0.717) is 5.34 Å². The van der Waals surface area contributed by atoms with Crippen molar-refractivity contribution in [3.8, 4) is 0 Å². The fraction of sp³-hybridized carbons (Fsp3) is 1.00. The van der Waals surface area contributed by atoms with Gasteiger partial charge in [0.2, 0.25) is 0 Å². The second kappa shape index (κ2) is 3.18. The van der Waals surface area contributed by atoms with Gasteiger partial charge in [-0.2, -0.15) is 0 Å². The molecule has 0 radical (unpaired) electrons. The summed E-state index contributed by atoms with van der Waals surface area (Å²) in [7, 11) is 5.48. The zero-order valence-corrected chi connectivity index (χ0v) is 6.41. The molecule has 0 bridgehead atoms. The van der Waals surface area contributed by atoms with Gasteiger partial charge in [0.25, 0.3) is 0 Å². The highest BCUT2D eigenvalue weighted by molar-refractivity contribution is 6.53. The molecule has 1 atom stereocenters. The Kier molecular flexibility index (Phi) is 3.22. The molecule has 0 fully saturated rings. The largest absolute Gasteiger partial charge is 0.329 e. The first kappa shape index (κ1) is 8.09. The smallest absolute Gasteiger partial charge is 0.134 e. The van der Waals surface area contributed by atoms with E-state index in [-0.39, 0.29) is 0 Å². The highest BCUT2D eigenvalue weighted by Crippen LogP contribution is 1.94. The maximum Gasteiger partial charge on any atom is 0.134 e. The summed E-state index contributed by atoms with van der Waals surface area (Å²) >= 11 is 0. The molecule has 1 N–H and O–H groups in total. The summed E-state index contributed by atoms with van der Waals surface area (Å²) < 4.78 is 0. The van der Waals surface area contributed by atoms with Crippen LogP contribution in [0.5, 0.6) is 0 Å². The van der Waals surface area contributed by atoms with Gasteiger partial charge in [0.1, 0.15) is 15.1 Å². The molecule has 0 aliphatic rings. The summed E-state index contributed by atoms with van der Waals surface area (Å²) in [6.45, 7) is 4.43. The highest BCUT2D eigenvalue weighted by atomic mass is 14.9. The fourth-order valence-electron chi connectivity index (χ4n) is 0.750. The third-order valence-corrected chi connectivity index (χ3v) is 1.55. The van der Waals surface area contributed by atoms with E-state index in [2.05, 4.69) is 27.0 Å². The molecule has 0 aliphatic heterocycles. The summed E-state index contributed by atoms with van der Waals surface area (Å²) in [5, 5.41) is 3.58. The van der Waals surface area contributed by atoms with Crippen molar-refractivity contribution in [2.24, 2.45) is 0 Å². The van der Waals surface area contributed by atoms with Crippen LogP contribution in [-0.2, 0) is 0 Å². The summed E-state index contributed by atoms with van der Waals surface area (Å²) in [5.74, 6) is 0. The van der Waals surface area contributed by atoms with Crippen LogP contribution >= 0.6 is 0 Å². The molecule has 46 valence electrons. The highest BCUT2D eigenvalue weighted by Gasteiger charge is 2.13. The Morgan fingerprint density at radius 2 is 2.25 bits per heavy atom. The van der Waals surface area contributed by atoms with E-state index < -0.39 is 0 Å². The van der Waals surface area contributed by atoms with Crippen LogP contribution in [0.3, 0.4) is 0 Å². The normalized spacial score (nSPS) is 17.4. The van der Waals surface area contributed by atoms with Crippen LogP contribution in [0.25, 0.3) is 0 Å². The minimum absolute atomic E-state index is 0.342. The van der Waals surface area contributed by atoms with Crippen molar-refractivity contribution in [2.45, 2.75) is 25.5 Å². The first-order chi connectivity index (χ1) is 3.62. The average Bonchev–Trinajstić information content (AvgIpc) is 1.67. The molecule has 1 unspecified atom stereocenters. The van der Waals surface area contributed by atoms with E-state index in [0.717, 1.165) is 0 Å². The van der Waals surface area contributed by atoms with Gasteiger partial charge < -0.3 is 5.32 Å². The van der Waals surface area contributed by atoms with Gasteiger partial charge in [0, 0.05) is 0 Å². The van der Waals surface area contributed by atoms with E-state index in [1.807, 2.05) is 7.05 Å².